The largest absolute Gasteiger partial charge is 0.478 e. The van der Waals surface area contributed by atoms with Crippen LogP contribution in [-0.4, -0.2) is 28.0 Å². The van der Waals surface area contributed by atoms with Crippen molar-refractivity contribution in [3.63, 3.8) is 0 Å². The number of carboxylic acids is 1. The standard InChI is InChI=1S/C20H16F3N3O3S/c1-19(2)17(29)25(12-8-7-11(10-24)14(9-12)20(21,22)23)18(30)26(19)15-6-4-3-5-13(15)16(27)28/h3-9,18,30H,1-2H3,(H,27,28). The molecule has 1 amide bonds. The molecular formula is C20H16F3N3O3S. The number of hydrogen-bond donors (Lipinski definition) is 2. The van der Waals surface area contributed by atoms with Gasteiger partial charge in [-0.1, -0.05) is 12.1 Å². The van der Waals surface area contributed by atoms with Gasteiger partial charge in [0.1, 0.15) is 5.54 Å². The molecular weight excluding hydrogens is 419 g/mol. The molecule has 3 rings (SSSR count). The number of hydrogen-bond acceptors (Lipinski definition) is 5. The van der Waals surface area contributed by atoms with Crippen molar-refractivity contribution in [2.45, 2.75) is 31.1 Å². The van der Waals surface area contributed by atoms with E-state index in [0.29, 0.717) is 0 Å². The lowest BCUT2D eigenvalue weighted by Gasteiger charge is -2.34. The van der Waals surface area contributed by atoms with Crippen molar-refractivity contribution in [1.82, 2.24) is 0 Å². The van der Waals surface area contributed by atoms with Gasteiger partial charge in [0.2, 0.25) is 0 Å². The van der Waals surface area contributed by atoms with E-state index in [1.807, 2.05) is 0 Å². The van der Waals surface area contributed by atoms with Crippen LogP contribution in [-0.2, 0) is 11.0 Å². The van der Waals surface area contributed by atoms with E-state index >= 15 is 0 Å². The van der Waals surface area contributed by atoms with Crippen molar-refractivity contribution in [2.75, 3.05) is 9.80 Å². The number of carbonyl (C=O) groups excluding carboxylic acids is 1. The summed E-state index contributed by atoms with van der Waals surface area (Å²) < 4.78 is 40.1. The van der Waals surface area contributed by atoms with Crippen molar-refractivity contribution >= 4 is 35.9 Å². The molecule has 156 valence electrons. The lowest BCUT2D eigenvalue weighted by molar-refractivity contribution is -0.137. The Morgan fingerprint density at radius 3 is 2.43 bits per heavy atom. The van der Waals surface area contributed by atoms with Crippen LogP contribution in [0.1, 0.15) is 35.3 Å². The first-order valence-corrected chi connectivity index (χ1v) is 9.17. The normalized spacial score (nSPS) is 18.4. The summed E-state index contributed by atoms with van der Waals surface area (Å²) in [5, 5.41) is 18.5. The van der Waals surface area contributed by atoms with Crippen molar-refractivity contribution in [3.8, 4) is 6.07 Å². The number of anilines is 2. The minimum absolute atomic E-state index is 0.0740. The fraction of sp³-hybridized carbons (Fsp3) is 0.250. The molecule has 1 heterocycles. The first-order valence-electron chi connectivity index (χ1n) is 8.66. The number of carboxylic acid groups (broad SMARTS) is 1. The van der Waals surface area contributed by atoms with Gasteiger partial charge in [-0.05, 0) is 44.2 Å². The SMILES string of the molecule is CC1(C)C(=O)N(c2ccc(C#N)c(C(F)(F)F)c2)C(S)N1c1ccccc1C(=O)O. The molecule has 1 saturated heterocycles. The molecule has 1 aliphatic heterocycles. The van der Waals surface area contributed by atoms with Crippen molar-refractivity contribution < 1.29 is 27.9 Å². The minimum atomic E-state index is -4.79. The second kappa shape index (κ2) is 7.25. The van der Waals surface area contributed by atoms with E-state index < -0.39 is 40.2 Å². The Labute approximate surface area is 175 Å². The molecule has 1 unspecified atom stereocenters. The van der Waals surface area contributed by atoms with Crippen LogP contribution in [0.25, 0.3) is 0 Å². The summed E-state index contributed by atoms with van der Waals surface area (Å²) in [4.78, 5) is 27.3. The third-order valence-corrected chi connectivity index (χ3v) is 5.37. The van der Waals surface area contributed by atoms with Gasteiger partial charge >= 0.3 is 12.1 Å². The lowest BCUT2D eigenvalue weighted by atomic mass is 10.0. The monoisotopic (exact) mass is 435 g/mol. The molecule has 0 radical (unpaired) electrons. The summed E-state index contributed by atoms with van der Waals surface area (Å²) in [6.07, 6.45) is -4.79. The van der Waals surface area contributed by atoms with E-state index in [4.69, 9.17) is 5.26 Å². The number of amides is 1. The number of rotatable bonds is 3. The number of aromatic carboxylic acids is 1. The average molecular weight is 435 g/mol. The molecule has 0 bridgehead atoms. The van der Waals surface area contributed by atoms with Gasteiger partial charge in [0, 0.05) is 5.69 Å². The number of nitrogens with zero attached hydrogens (tertiary/aromatic N) is 3. The van der Waals surface area contributed by atoms with Gasteiger partial charge in [0.05, 0.1) is 28.4 Å². The second-order valence-electron chi connectivity index (χ2n) is 7.11. The van der Waals surface area contributed by atoms with E-state index in [9.17, 15) is 27.9 Å². The Bertz CT molecular complexity index is 1080. The molecule has 0 spiro atoms. The van der Waals surface area contributed by atoms with Gasteiger partial charge in [0.15, 0.2) is 5.50 Å². The third-order valence-electron chi connectivity index (χ3n) is 4.91. The van der Waals surface area contributed by atoms with Crippen LogP contribution in [0.2, 0.25) is 0 Å². The van der Waals surface area contributed by atoms with Gasteiger partial charge in [0.25, 0.3) is 5.91 Å². The Morgan fingerprint density at radius 2 is 1.87 bits per heavy atom. The van der Waals surface area contributed by atoms with E-state index in [1.54, 1.807) is 6.07 Å². The Kier molecular flexibility index (Phi) is 5.20. The highest BCUT2D eigenvalue weighted by molar-refractivity contribution is 7.81. The van der Waals surface area contributed by atoms with Crippen LogP contribution in [0.15, 0.2) is 42.5 Å². The van der Waals surface area contributed by atoms with Crippen molar-refractivity contribution in [3.05, 3.63) is 59.2 Å². The van der Waals surface area contributed by atoms with Crippen LogP contribution in [0.3, 0.4) is 0 Å². The fourth-order valence-electron chi connectivity index (χ4n) is 3.46. The Morgan fingerprint density at radius 1 is 1.23 bits per heavy atom. The highest BCUT2D eigenvalue weighted by Crippen LogP contribution is 2.43. The zero-order valence-electron chi connectivity index (χ0n) is 15.8. The van der Waals surface area contributed by atoms with Gasteiger partial charge in [-0.15, -0.1) is 12.6 Å². The zero-order chi connectivity index (χ0) is 22.4. The summed E-state index contributed by atoms with van der Waals surface area (Å²) in [5.41, 5.74) is -4.09. The molecule has 10 heteroatoms. The molecule has 1 fully saturated rings. The predicted molar refractivity (Wildman–Crippen MR) is 106 cm³/mol. The van der Waals surface area contributed by atoms with Gasteiger partial charge in [-0.25, -0.2) is 4.79 Å². The summed E-state index contributed by atoms with van der Waals surface area (Å²) in [6, 6.07) is 10.4. The Hall–Kier alpha value is -3.19. The summed E-state index contributed by atoms with van der Waals surface area (Å²) >= 11 is 4.44. The Balaban J connectivity index is 2.16. The molecule has 2 aromatic rings. The molecule has 0 aromatic heterocycles. The fourth-order valence-corrected chi connectivity index (χ4v) is 4.11. The number of carbonyl (C=O) groups is 2. The number of benzene rings is 2. The highest BCUT2D eigenvalue weighted by atomic mass is 32.1. The first-order chi connectivity index (χ1) is 13.9. The number of alkyl halides is 3. The van der Waals surface area contributed by atoms with Gasteiger partial charge < -0.3 is 10.0 Å². The second-order valence-corrected chi connectivity index (χ2v) is 7.57. The molecule has 30 heavy (non-hydrogen) atoms. The van der Waals surface area contributed by atoms with Crippen molar-refractivity contribution in [1.29, 1.82) is 5.26 Å². The summed E-state index contributed by atoms with van der Waals surface area (Å²) in [5.74, 6) is -1.79. The van der Waals surface area contributed by atoms with E-state index in [2.05, 4.69) is 12.6 Å². The van der Waals surface area contributed by atoms with Crippen LogP contribution < -0.4 is 9.80 Å². The summed E-state index contributed by atoms with van der Waals surface area (Å²) in [6.45, 7) is 3.07. The third kappa shape index (κ3) is 3.35. The quantitative estimate of drug-likeness (QED) is 0.709. The lowest BCUT2D eigenvalue weighted by Crippen LogP contribution is -2.45. The smallest absolute Gasteiger partial charge is 0.417 e. The van der Waals surface area contributed by atoms with Gasteiger partial charge in [-0.2, -0.15) is 18.4 Å². The van der Waals surface area contributed by atoms with Crippen LogP contribution in [0.4, 0.5) is 24.5 Å². The van der Waals surface area contributed by atoms with Crippen LogP contribution in [0, 0.1) is 11.3 Å². The topological polar surface area (TPSA) is 84.6 Å². The van der Waals surface area contributed by atoms with Crippen LogP contribution in [0.5, 0.6) is 0 Å². The van der Waals surface area contributed by atoms with Crippen LogP contribution >= 0.6 is 12.6 Å². The number of halogens is 3. The molecule has 0 saturated carbocycles. The average Bonchev–Trinajstić information content (AvgIpc) is 2.84. The number of thiol groups is 1. The molecule has 1 atom stereocenters. The van der Waals surface area contributed by atoms with Crippen molar-refractivity contribution in [2.24, 2.45) is 0 Å². The highest BCUT2D eigenvalue weighted by Gasteiger charge is 2.52. The molecule has 1 N–H and O–H groups in total. The number of para-hydroxylation sites is 1. The van der Waals surface area contributed by atoms with E-state index in [1.165, 1.54) is 49.1 Å². The van der Waals surface area contributed by atoms with Gasteiger partial charge in [-0.3, -0.25) is 9.69 Å². The zero-order valence-corrected chi connectivity index (χ0v) is 16.7. The molecule has 0 aliphatic carbocycles. The molecule has 2 aromatic carbocycles. The maximum atomic E-state index is 13.4. The predicted octanol–water partition coefficient (Wildman–Crippen LogP) is 4.12. The maximum absolute atomic E-state index is 13.4. The van der Waals surface area contributed by atoms with E-state index in [-0.39, 0.29) is 16.9 Å². The minimum Gasteiger partial charge on any atom is -0.478 e. The molecule has 6 nitrogen and oxygen atoms in total. The maximum Gasteiger partial charge on any atom is 0.417 e. The number of nitriles is 1. The van der Waals surface area contributed by atoms with E-state index in [0.717, 1.165) is 17.0 Å². The first kappa shape index (κ1) is 21.5. The molecule has 1 aliphatic rings. The summed E-state index contributed by atoms with van der Waals surface area (Å²) in [7, 11) is 0.